The van der Waals surface area contributed by atoms with Crippen molar-refractivity contribution in [2.24, 2.45) is 0 Å². The summed E-state index contributed by atoms with van der Waals surface area (Å²) in [4.78, 5) is 4.16. The summed E-state index contributed by atoms with van der Waals surface area (Å²) in [7, 11) is 0. The molecule has 0 amide bonds. The minimum atomic E-state index is -0.987. The highest BCUT2D eigenvalue weighted by Gasteiger charge is 2.14. The zero-order chi connectivity index (χ0) is 19.2. The number of pyridine rings is 1. The first-order chi connectivity index (χ1) is 13.1. The lowest BCUT2D eigenvalue weighted by Gasteiger charge is -2.02. The van der Waals surface area contributed by atoms with Gasteiger partial charge >= 0.3 is 0 Å². The maximum atomic E-state index is 13.7. The van der Waals surface area contributed by atoms with E-state index in [4.69, 9.17) is 5.26 Å². The monoisotopic (exact) mass is 361 g/mol. The maximum Gasteiger partial charge on any atom is 0.159 e. The first kappa shape index (κ1) is 18.0. The molecule has 0 saturated heterocycles. The number of aryl methyl sites for hydroxylation is 1. The number of hydrogen-bond donors (Lipinski definition) is 0. The van der Waals surface area contributed by atoms with Gasteiger partial charge in [-0.1, -0.05) is 6.07 Å². The fraction of sp³-hybridized carbons (Fsp3) is 0.100. The summed E-state index contributed by atoms with van der Waals surface area (Å²) >= 11 is 0. The Bertz CT molecular complexity index is 1070. The van der Waals surface area contributed by atoms with Crippen molar-refractivity contribution in [3.05, 3.63) is 71.7 Å². The zero-order valence-corrected chi connectivity index (χ0v) is 14.1. The first-order valence-electron chi connectivity index (χ1n) is 8.05. The Labute approximate surface area is 154 Å². The van der Waals surface area contributed by atoms with Crippen molar-refractivity contribution in [3.8, 4) is 23.4 Å². The first-order valence-corrected chi connectivity index (χ1v) is 8.05. The van der Waals surface area contributed by atoms with E-state index >= 15 is 0 Å². The molecule has 2 aromatic heterocycles. The lowest BCUT2D eigenvalue weighted by atomic mass is 10.0. The molecule has 0 radical (unpaired) electrons. The number of allylic oxidation sites excluding steroid dienone is 1. The number of benzene rings is 1. The topological polar surface area (TPSA) is 78.3 Å². The van der Waals surface area contributed by atoms with Gasteiger partial charge in [0.05, 0.1) is 36.0 Å². The van der Waals surface area contributed by atoms with Gasteiger partial charge in [0.15, 0.2) is 11.6 Å². The SMILES string of the molecule is N#CCCn1cc(/C=C(\C#N)c2ccccn2)c(-c2ccc(F)c(F)c2)n1. The number of nitriles is 2. The van der Waals surface area contributed by atoms with Gasteiger partial charge in [-0.05, 0) is 36.4 Å². The quantitative estimate of drug-likeness (QED) is 0.638. The van der Waals surface area contributed by atoms with Crippen molar-refractivity contribution in [1.82, 2.24) is 14.8 Å². The van der Waals surface area contributed by atoms with Gasteiger partial charge in [-0.2, -0.15) is 15.6 Å². The highest BCUT2D eigenvalue weighted by atomic mass is 19.2. The molecule has 0 fully saturated rings. The zero-order valence-electron chi connectivity index (χ0n) is 14.1. The summed E-state index contributed by atoms with van der Waals surface area (Å²) < 4.78 is 28.5. The van der Waals surface area contributed by atoms with Crippen molar-refractivity contribution < 1.29 is 8.78 Å². The van der Waals surface area contributed by atoms with E-state index in [1.165, 1.54) is 6.07 Å². The number of halogens is 2. The minimum absolute atomic E-state index is 0.243. The van der Waals surface area contributed by atoms with Gasteiger partial charge in [0, 0.05) is 23.5 Å². The molecule has 132 valence electrons. The second-order valence-corrected chi connectivity index (χ2v) is 5.62. The average Bonchev–Trinajstić information content (AvgIpc) is 3.10. The minimum Gasteiger partial charge on any atom is -0.270 e. The molecule has 0 unspecified atom stereocenters. The average molecular weight is 361 g/mol. The van der Waals surface area contributed by atoms with Crippen LogP contribution in [0.2, 0.25) is 0 Å². The molecule has 0 aliphatic heterocycles. The van der Waals surface area contributed by atoms with Crippen LogP contribution >= 0.6 is 0 Å². The molecular weight excluding hydrogens is 348 g/mol. The van der Waals surface area contributed by atoms with Crippen LogP contribution < -0.4 is 0 Å². The van der Waals surface area contributed by atoms with Gasteiger partial charge in [-0.15, -0.1) is 0 Å². The summed E-state index contributed by atoms with van der Waals surface area (Å²) in [5.41, 5.74) is 2.09. The van der Waals surface area contributed by atoms with E-state index in [0.29, 0.717) is 34.6 Å². The van der Waals surface area contributed by atoms with Gasteiger partial charge in [-0.25, -0.2) is 8.78 Å². The summed E-state index contributed by atoms with van der Waals surface area (Å²) in [6.07, 6.45) is 5.07. The molecular formula is C20H13F2N5. The number of hydrogen-bond acceptors (Lipinski definition) is 4. The van der Waals surface area contributed by atoms with Crippen LogP contribution in [-0.2, 0) is 6.54 Å². The lowest BCUT2D eigenvalue weighted by Crippen LogP contribution is -1.97. The largest absolute Gasteiger partial charge is 0.270 e. The number of aromatic nitrogens is 3. The number of rotatable bonds is 5. The third kappa shape index (κ3) is 4.05. The smallest absolute Gasteiger partial charge is 0.159 e. The van der Waals surface area contributed by atoms with Gasteiger partial charge < -0.3 is 0 Å². The van der Waals surface area contributed by atoms with Crippen LogP contribution in [0.5, 0.6) is 0 Å². The second kappa shape index (κ2) is 8.03. The third-order valence-electron chi connectivity index (χ3n) is 3.80. The molecule has 27 heavy (non-hydrogen) atoms. The van der Waals surface area contributed by atoms with E-state index in [1.807, 2.05) is 6.07 Å². The highest BCUT2D eigenvalue weighted by molar-refractivity contribution is 5.91. The molecule has 0 aliphatic rings. The van der Waals surface area contributed by atoms with Crippen LogP contribution in [0.25, 0.3) is 22.9 Å². The standard InChI is InChI=1S/C20H13F2N5/c21-17-6-5-14(11-18(17)22)20-16(13-27(26-20)9-3-7-23)10-15(12-24)19-4-1-2-8-25-19/h1-2,4-6,8,10-11,13H,3,9H2/b15-10+. The highest BCUT2D eigenvalue weighted by Crippen LogP contribution is 2.27. The Balaban J connectivity index is 2.11. The summed E-state index contributed by atoms with van der Waals surface area (Å²) in [5.74, 6) is -1.94. The summed E-state index contributed by atoms with van der Waals surface area (Å²) in [6, 6.07) is 12.8. The van der Waals surface area contributed by atoms with Crippen LogP contribution in [0.4, 0.5) is 8.78 Å². The lowest BCUT2D eigenvalue weighted by molar-refractivity contribution is 0.509. The van der Waals surface area contributed by atoms with Gasteiger partial charge in [0.2, 0.25) is 0 Å². The van der Waals surface area contributed by atoms with Gasteiger partial charge in [0.25, 0.3) is 0 Å². The molecule has 0 atom stereocenters. The van der Waals surface area contributed by atoms with Gasteiger partial charge in [0.1, 0.15) is 6.07 Å². The van der Waals surface area contributed by atoms with E-state index in [9.17, 15) is 14.0 Å². The van der Waals surface area contributed by atoms with E-state index < -0.39 is 11.6 Å². The maximum absolute atomic E-state index is 13.7. The predicted molar refractivity (Wildman–Crippen MR) is 95.5 cm³/mol. The Morgan fingerprint density at radius 1 is 1.15 bits per heavy atom. The van der Waals surface area contributed by atoms with Gasteiger partial charge in [-0.3, -0.25) is 9.67 Å². The van der Waals surface area contributed by atoms with Crippen molar-refractivity contribution in [2.45, 2.75) is 13.0 Å². The molecule has 0 aliphatic carbocycles. The third-order valence-corrected chi connectivity index (χ3v) is 3.80. The molecule has 5 nitrogen and oxygen atoms in total. The molecule has 0 spiro atoms. The van der Waals surface area contributed by atoms with Crippen LogP contribution in [0.15, 0.2) is 48.8 Å². The van der Waals surface area contributed by atoms with E-state index in [0.717, 1.165) is 12.1 Å². The predicted octanol–water partition coefficient (Wildman–Crippen LogP) is 4.20. The molecule has 0 bridgehead atoms. The van der Waals surface area contributed by atoms with Crippen molar-refractivity contribution in [1.29, 1.82) is 10.5 Å². The number of nitrogens with zero attached hydrogens (tertiary/aromatic N) is 5. The van der Waals surface area contributed by atoms with Crippen molar-refractivity contribution in [3.63, 3.8) is 0 Å². The Hall–Kier alpha value is -3.84. The van der Waals surface area contributed by atoms with E-state index in [-0.39, 0.29) is 6.42 Å². The molecule has 0 saturated carbocycles. The normalized spacial score (nSPS) is 11.0. The molecule has 7 heteroatoms. The Morgan fingerprint density at radius 3 is 2.67 bits per heavy atom. The summed E-state index contributed by atoms with van der Waals surface area (Å²) in [5, 5.41) is 22.6. The molecule has 3 rings (SSSR count). The van der Waals surface area contributed by atoms with Crippen LogP contribution in [-0.4, -0.2) is 14.8 Å². The van der Waals surface area contributed by atoms with Crippen molar-refractivity contribution >= 4 is 11.6 Å². The van der Waals surface area contributed by atoms with Crippen LogP contribution in [0.3, 0.4) is 0 Å². The molecule has 1 aromatic carbocycles. The van der Waals surface area contributed by atoms with Crippen LogP contribution in [0.1, 0.15) is 17.7 Å². The molecule has 0 N–H and O–H groups in total. The fourth-order valence-corrected chi connectivity index (χ4v) is 2.53. The molecule has 3 aromatic rings. The Morgan fingerprint density at radius 2 is 2.00 bits per heavy atom. The van der Waals surface area contributed by atoms with E-state index in [1.54, 1.807) is 41.4 Å². The Kier molecular flexibility index (Phi) is 5.34. The fourth-order valence-electron chi connectivity index (χ4n) is 2.53. The van der Waals surface area contributed by atoms with Crippen LogP contribution in [0, 0.1) is 34.3 Å². The second-order valence-electron chi connectivity index (χ2n) is 5.62. The van der Waals surface area contributed by atoms with Crippen molar-refractivity contribution in [2.75, 3.05) is 0 Å². The van der Waals surface area contributed by atoms with E-state index in [2.05, 4.69) is 16.2 Å². The summed E-state index contributed by atoms with van der Waals surface area (Å²) in [6.45, 7) is 0.340. The molecule has 2 heterocycles.